The number of halogens is 6. The van der Waals surface area contributed by atoms with Crippen LogP contribution in [-0.2, 0) is 28.4 Å². The Hall–Kier alpha value is -5.06. The molecule has 1 N–H and O–H groups in total. The van der Waals surface area contributed by atoms with E-state index in [9.17, 15) is 40.7 Å². The average molecular weight is 647 g/mol. The van der Waals surface area contributed by atoms with Gasteiger partial charge in [-0.1, -0.05) is 0 Å². The van der Waals surface area contributed by atoms with Crippen molar-refractivity contribution in [3.05, 3.63) is 88.5 Å². The molecule has 0 atom stereocenters. The van der Waals surface area contributed by atoms with Crippen LogP contribution in [0.2, 0.25) is 0 Å². The van der Waals surface area contributed by atoms with Crippen LogP contribution < -0.4 is 10.2 Å². The van der Waals surface area contributed by atoms with Crippen LogP contribution in [0.1, 0.15) is 67.2 Å². The molecular formula is C32H28F6N4O4. The van der Waals surface area contributed by atoms with Gasteiger partial charge in [0.15, 0.2) is 0 Å². The summed E-state index contributed by atoms with van der Waals surface area (Å²) in [5, 5.41) is 12.1. The van der Waals surface area contributed by atoms with Gasteiger partial charge in [0, 0.05) is 11.4 Å². The SMILES string of the molecule is CC(C)(C)OC(=O)c1ccc(Nc2ccc(C(F)(F)F)cc2)c(CN2C(=O)N(c3ccc(C#N)c(C(F)(F)F)c3)C(=O)C2(C)C)c1. The maximum absolute atomic E-state index is 13.7. The van der Waals surface area contributed by atoms with Crippen molar-refractivity contribution in [1.82, 2.24) is 4.90 Å². The van der Waals surface area contributed by atoms with E-state index in [-0.39, 0.29) is 29.0 Å². The summed E-state index contributed by atoms with van der Waals surface area (Å²) in [6.07, 6.45) is -9.50. The van der Waals surface area contributed by atoms with Crippen molar-refractivity contribution in [2.45, 2.75) is 64.7 Å². The predicted molar refractivity (Wildman–Crippen MR) is 155 cm³/mol. The molecule has 0 aromatic heterocycles. The summed E-state index contributed by atoms with van der Waals surface area (Å²) in [5.74, 6) is -1.56. The van der Waals surface area contributed by atoms with Crippen LogP contribution in [-0.4, -0.2) is 33.9 Å². The summed E-state index contributed by atoms with van der Waals surface area (Å²) in [4.78, 5) is 41.8. The van der Waals surface area contributed by atoms with Crippen molar-refractivity contribution >= 4 is 35.0 Å². The predicted octanol–water partition coefficient (Wildman–Crippen LogP) is 8.04. The monoisotopic (exact) mass is 646 g/mol. The number of carbonyl (C=O) groups is 3. The number of nitrogens with zero attached hydrogens (tertiary/aromatic N) is 3. The van der Waals surface area contributed by atoms with Crippen LogP contribution in [0.3, 0.4) is 0 Å². The number of imide groups is 1. The number of amides is 3. The summed E-state index contributed by atoms with van der Waals surface area (Å²) in [6, 6.07) is 11.3. The summed E-state index contributed by atoms with van der Waals surface area (Å²) in [7, 11) is 0. The number of alkyl halides is 6. The number of urea groups is 1. The molecule has 0 saturated carbocycles. The molecule has 8 nitrogen and oxygen atoms in total. The van der Waals surface area contributed by atoms with Crippen molar-refractivity contribution in [1.29, 1.82) is 5.26 Å². The average Bonchev–Trinajstić information content (AvgIpc) is 3.10. The van der Waals surface area contributed by atoms with Crippen molar-refractivity contribution in [3.63, 3.8) is 0 Å². The van der Waals surface area contributed by atoms with Gasteiger partial charge in [0.25, 0.3) is 5.91 Å². The van der Waals surface area contributed by atoms with Crippen LogP contribution in [0.4, 0.5) is 48.2 Å². The van der Waals surface area contributed by atoms with E-state index in [1.807, 2.05) is 0 Å². The van der Waals surface area contributed by atoms with Crippen molar-refractivity contribution < 1.29 is 45.5 Å². The standard InChI is InChI=1S/C32H28F6N4O4/c1-29(2,3)46-26(43)18-7-13-25(40-22-10-8-21(9-11-22)31(33,34)35)20(14-18)17-41-28(45)42(27(44)30(41,4)5)23-12-6-19(16-39)24(15-23)32(36,37)38/h6-15,40H,17H2,1-5H3. The Balaban J connectivity index is 1.75. The highest BCUT2D eigenvalue weighted by Gasteiger charge is 2.52. The zero-order chi connectivity index (χ0) is 34.4. The van der Waals surface area contributed by atoms with Crippen molar-refractivity contribution in [2.24, 2.45) is 0 Å². The lowest BCUT2D eigenvalue weighted by Gasteiger charge is -2.29. The van der Waals surface area contributed by atoms with Gasteiger partial charge in [0.05, 0.1) is 40.6 Å². The van der Waals surface area contributed by atoms with Crippen LogP contribution in [0.25, 0.3) is 0 Å². The first-order valence-electron chi connectivity index (χ1n) is 13.7. The molecule has 242 valence electrons. The summed E-state index contributed by atoms with van der Waals surface area (Å²) < 4.78 is 85.7. The molecule has 0 spiro atoms. The number of nitrogens with one attached hydrogen (secondary N) is 1. The number of carbonyl (C=O) groups excluding carboxylic acids is 3. The number of benzene rings is 3. The summed E-state index contributed by atoms with van der Waals surface area (Å²) in [6.45, 7) is 7.41. The maximum atomic E-state index is 13.7. The Morgan fingerprint density at radius 2 is 1.54 bits per heavy atom. The normalized spacial score (nSPS) is 15.2. The lowest BCUT2D eigenvalue weighted by molar-refractivity contribution is -0.138. The van der Waals surface area contributed by atoms with Crippen molar-refractivity contribution in [2.75, 3.05) is 10.2 Å². The highest BCUT2D eigenvalue weighted by Crippen LogP contribution is 2.39. The van der Waals surface area contributed by atoms with Gasteiger partial charge in [-0.2, -0.15) is 31.6 Å². The Morgan fingerprint density at radius 1 is 0.913 bits per heavy atom. The number of ether oxygens (including phenoxy) is 1. The Kier molecular flexibility index (Phi) is 8.60. The molecule has 3 amide bonds. The van der Waals surface area contributed by atoms with Gasteiger partial charge in [-0.05, 0) is 101 Å². The minimum atomic E-state index is -4.94. The molecule has 1 aliphatic rings. The van der Waals surface area contributed by atoms with Crippen LogP contribution in [0.15, 0.2) is 60.7 Å². The molecule has 4 rings (SSSR count). The molecule has 0 radical (unpaired) electrons. The molecule has 3 aromatic carbocycles. The van der Waals surface area contributed by atoms with Gasteiger partial charge >= 0.3 is 24.4 Å². The van der Waals surface area contributed by atoms with Gasteiger partial charge in [-0.15, -0.1) is 0 Å². The topological polar surface area (TPSA) is 103 Å². The van der Waals surface area contributed by atoms with E-state index in [1.54, 1.807) is 20.8 Å². The molecule has 1 fully saturated rings. The van der Waals surface area contributed by atoms with E-state index >= 15 is 0 Å². The highest BCUT2D eigenvalue weighted by molar-refractivity contribution is 6.23. The van der Waals surface area contributed by atoms with E-state index in [2.05, 4.69) is 5.32 Å². The molecule has 0 aliphatic carbocycles. The largest absolute Gasteiger partial charge is 0.456 e. The second-order valence-electron chi connectivity index (χ2n) is 12.0. The smallest absolute Gasteiger partial charge is 0.417 e. The molecule has 1 aliphatic heterocycles. The second kappa shape index (κ2) is 11.7. The fourth-order valence-corrected chi connectivity index (χ4v) is 4.71. The Morgan fingerprint density at radius 3 is 2.09 bits per heavy atom. The molecular weight excluding hydrogens is 618 g/mol. The minimum Gasteiger partial charge on any atom is -0.456 e. The Bertz CT molecular complexity index is 1740. The molecule has 0 bridgehead atoms. The number of nitriles is 1. The van der Waals surface area contributed by atoms with Gasteiger partial charge in [-0.25, -0.2) is 14.5 Å². The Labute approximate surface area is 260 Å². The van der Waals surface area contributed by atoms with E-state index in [1.165, 1.54) is 50.2 Å². The summed E-state index contributed by atoms with van der Waals surface area (Å²) in [5.41, 5.74) is -4.93. The van der Waals surface area contributed by atoms with Crippen LogP contribution in [0, 0.1) is 11.3 Å². The van der Waals surface area contributed by atoms with E-state index in [0.29, 0.717) is 11.0 Å². The van der Waals surface area contributed by atoms with E-state index in [4.69, 9.17) is 10.00 Å². The van der Waals surface area contributed by atoms with Gasteiger partial charge in [0.1, 0.15) is 11.1 Å². The van der Waals surface area contributed by atoms with Gasteiger partial charge in [0.2, 0.25) is 0 Å². The highest BCUT2D eigenvalue weighted by atomic mass is 19.4. The summed E-state index contributed by atoms with van der Waals surface area (Å²) >= 11 is 0. The number of anilines is 3. The maximum Gasteiger partial charge on any atom is 0.417 e. The first-order chi connectivity index (χ1) is 21.1. The molecule has 46 heavy (non-hydrogen) atoms. The zero-order valence-corrected chi connectivity index (χ0v) is 25.2. The van der Waals surface area contributed by atoms with E-state index < -0.39 is 63.8 Å². The van der Waals surface area contributed by atoms with E-state index in [0.717, 1.165) is 29.2 Å². The number of esters is 1. The first-order valence-corrected chi connectivity index (χ1v) is 13.7. The third kappa shape index (κ3) is 6.93. The lowest BCUT2D eigenvalue weighted by Crippen LogP contribution is -2.43. The van der Waals surface area contributed by atoms with Crippen LogP contribution >= 0.6 is 0 Å². The first kappa shape index (κ1) is 33.8. The molecule has 1 heterocycles. The second-order valence-corrected chi connectivity index (χ2v) is 12.0. The van der Waals surface area contributed by atoms with Crippen LogP contribution in [0.5, 0.6) is 0 Å². The third-order valence-electron chi connectivity index (χ3n) is 7.07. The minimum absolute atomic E-state index is 0.0671. The van der Waals surface area contributed by atoms with Gasteiger partial charge < -0.3 is 15.0 Å². The molecule has 1 saturated heterocycles. The van der Waals surface area contributed by atoms with Crippen molar-refractivity contribution in [3.8, 4) is 6.07 Å². The number of hydrogen-bond acceptors (Lipinski definition) is 6. The molecule has 0 unspecified atom stereocenters. The van der Waals surface area contributed by atoms with Gasteiger partial charge in [-0.3, -0.25) is 4.79 Å². The quantitative estimate of drug-likeness (QED) is 0.165. The molecule has 3 aromatic rings. The lowest BCUT2D eigenvalue weighted by atomic mass is 10.0. The fraction of sp³-hybridized carbons (Fsp3) is 0.312. The molecule has 14 heteroatoms. The number of rotatable bonds is 6. The number of hydrogen-bond donors (Lipinski definition) is 1. The zero-order valence-electron chi connectivity index (χ0n) is 25.2. The fourth-order valence-electron chi connectivity index (χ4n) is 4.71. The third-order valence-corrected chi connectivity index (χ3v) is 7.07.